The Bertz CT molecular complexity index is 193. The smallest absolute Gasteiger partial charge is 0.000724 e. The van der Waals surface area contributed by atoms with Gasteiger partial charge in [-0.05, 0) is 56.0 Å². The lowest BCUT2D eigenvalue weighted by Crippen LogP contribution is -2.40. The summed E-state index contributed by atoms with van der Waals surface area (Å²) in [4.78, 5) is 2.65. The van der Waals surface area contributed by atoms with Crippen LogP contribution in [0.3, 0.4) is 0 Å². The summed E-state index contributed by atoms with van der Waals surface area (Å²) in [5, 5.41) is 0. The Morgan fingerprint density at radius 1 is 1.18 bits per heavy atom. The van der Waals surface area contributed by atoms with E-state index in [0.29, 0.717) is 0 Å². The van der Waals surface area contributed by atoms with Gasteiger partial charge in [0.15, 0.2) is 0 Å². The molecule has 2 N–H and O–H groups in total. The van der Waals surface area contributed by atoms with Gasteiger partial charge >= 0.3 is 0 Å². The molecule has 0 bridgehead atoms. The molecule has 0 aliphatic carbocycles. The van der Waals surface area contributed by atoms with Crippen LogP contribution in [0.1, 0.15) is 47.0 Å². The largest absolute Gasteiger partial charge is 0.330 e. The second-order valence-corrected chi connectivity index (χ2v) is 6.73. The van der Waals surface area contributed by atoms with Crippen molar-refractivity contribution in [1.29, 1.82) is 0 Å². The molecule has 3 unspecified atom stereocenters. The van der Waals surface area contributed by atoms with E-state index in [1.165, 1.54) is 38.9 Å². The van der Waals surface area contributed by atoms with Crippen molar-refractivity contribution in [1.82, 2.24) is 4.90 Å². The standard InChI is InChI=1S/C15H32N2/c1-12(2)7-15(9-16)5-6-17-10-13(3)8-14(4)11-17/h12-15H,5-11,16H2,1-4H3. The quantitative estimate of drug-likeness (QED) is 0.773. The van der Waals surface area contributed by atoms with Crippen molar-refractivity contribution >= 4 is 0 Å². The fourth-order valence-electron chi connectivity index (χ4n) is 3.34. The van der Waals surface area contributed by atoms with Crippen LogP contribution in [0.2, 0.25) is 0 Å². The van der Waals surface area contributed by atoms with Crippen LogP contribution in [-0.4, -0.2) is 31.1 Å². The summed E-state index contributed by atoms with van der Waals surface area (Å²) >= 11 is 0. The van der Waals surface area contributed by atoms with Crippen molar-refractivity contribution in [2.75, 3.05) is 26.2 Å². The van der Waals surface area contributed by atoms with E-state index in [9.17, 15) is 0 Å². The number of piperidine rings is 1. The molecule has 0 aromatic heterocycles. The van der Waals surface area contributed by atoms with Crippen LogP contribution in [0, 0.1) is 23.7 Å². The number of hydrogen-bond acceptors (Lipinski definition) is 2. The van der Waals surface area contributed by atoms with Crippen molar-refractivity contribution in [2.45, 2.75) is 47.0 Å². The van der Waals surface area contributed by atoms with E-state index in [2.05, 4.69) is 32.6 Å². The van der Waals surface area contributed by atoms with Crippen molar-refractivity contribution in [3.63, 3.8) is 0 Å². The van der Waals surface area contributed by atoms with Gasteiger partial charge in [0.25, 0.3) is 0 Å². The van der Waals surface area contributed by atoms with Crippen LogP contribution in [0.4, 0.5) is 0 Å². The highest BCUT2D eigenvalue weighted by Crippen LogP contribution is 2.22. The Hall–Kier alpha value is -0.0800. The van der Waals surface area contributed by atoms with Crippen molar-refractivity contribution < 1.29 is 0 Å². The minimum Gasteiger partial charge on any atom is -0.330 e. The molecule has 1 fully saturated rings. The molecule has 1 aliphatic rings. The molecule has 0 aromatic carbocycles. The lowest BCUT2D eigenvalue weighted by Gasteiger charge is -2.35. The molecule has 0 amide bonds. The maximum Gasteiger partial charge on any atom is 0.000724 e. The van der Waals surface area contributed by atoms with Gasteiger partial charge in [0.1, 0.15) is 0 Å². The van der Waals surface area contributed by atoms with Crippen LogP contribution < -0.4 is 5.73 Å². The average Bonchev–Trinajstić information content (AvgIpc) is 2.22. The van der Waals surface area contributed by atoms with E-state index in [0.717, 1.165) is 30.2 Å². The van der Waals surface area contributed by atoms with Crippen LogP contribution >= 0.6 is 0 Å². The summed E-state index contributed by atoms with van der Waals surface area (Å²) in [5.41, 5.74) is 5.87. The fraction of sp³-hybridized carbons (Fsp3) is 1.00. The van der Waals surface area contributed by atoms with E-state index in [1.54, 1.807) is 0 Å². The summed E-state index contributed by atoms with van der Waals surface area (Å²) in [6.45, 7) is 14.1. The van der Waals surface area contributed by atoms with Gasteiger partial charge < -0.3 is 10.6 Å². The normalized spacial score (nSPS) is 28.6. The Labute approximate surface area is 108 Å². The molecule has 1 saturated heterocycles. The topological polar surface area (TPSA) is 29.3 Å². The average molecular weight is 240 g/mol. The fourth-order valence-corrected chi connectivity index (χ4v) is 3.34. The first-order chi connectivity index (χ1) is 8.01. The first-order valence-corrected chi connectivity index (χ1v) is 7.43. The summed E-state index contributed by atoms with van der Waals surface area (Å²) in [6, 6.07) is 0. The molecule has 0 spiro atoms. The number of likely N-dealkylation sites (tertiary alicyclic amines) is 1. The molecule has 1 aliphatic heterocycles. The molecule has 3 atom stereocenters. The third-order valence-electron chi connectivity index (χ3n) is 3.94. The van der Waals surface area contributed by atoms with Gasteiger partial charge in [0.05, 0.1) is 0 Å². The van der Waals surface area contributed by atoms with Crippen LogP contribution in [0.25, 0.3) is 0 Å². The molecule has 2 nitrogen and oxygen atoms in total. The molecule has 17 heavy (non-hydrogen) atoms. The molecule has 0 aromatic rings. The van der Waals surface area contributed by atoms with E-state index in [-0.39, 0.29) is 0 Å². The highest BCUT2D eigenvalue weighted by molar-refractivity contribution is 4.75. The van der Waals surface area contributed by atoms with E-state index < -0.39 is 0 Å². The van der Waals surface area contributed by atoms with Gasteiger partial charge in [0.2, 0.25) is 0 Å². The minimum absolute atomic E-state index is 0.725. The predicted molar refractivity (Wildman–Crippen MR) is 76.0 cm³/mol. The summed E-state index contributed by atoms with van der Waals surface area (Å²) < 4.78 is 0. The maximum absolute atomic E-state index is 5.87. The van der Waals surface area contributed by atoms with Crippen LogP contribution in [0.5, 0.6) is 0 Å². The molecule has 1 rings (SSSR count). The van der Waals surface area contributed by atoms with Crippen molar-refractivity contribution in [3.05, 3.63) is 0 Å². The first-order valence-electron chi connectivity index (χ1n) is 7.43. The zero-order chi connectivity index (χ0) is 12.8. The Morgan fingerprint density at radius 3 is 2.24 bits per heavy atom. The lowest BCUT2D eigenvalue weighted by atomic mass is 9.90. The highest BCUT2D eigenvalue weighted by Gasteiger charge is 2.22. The predicted octanol–water partition coefficient (Wildman–Crippen LogP) is 2.98. The lowest BCUT2D eigenvalue weighted by molar-refractivity contribution is 0.132. The third kappa shape index (κ3) is 5.87. The summed E-state index contributed by atoms with van der Waals surface area (Å²) in [6.07, 6.45) is 3.98. The van der Waals surface area contributed by atoms with Gasteiger partial charge in [0, 0.05) is 13.1 Å². The van der Waals surface area contributed by atoms with Gasteiger partial charge in [-0.15, -0.1) is 0 Å². The molecular formula is C15H32N2. The molecule has 0 saturated carbocycles. The van der Waals surface area contributed by atoms with Gasteiger partial charge in [-0.25, -0.2) is 0 Å². The van der Waals surface area contributed by atoms with Gasteiger partial charge in [-0.3, -0.25) is 0 Å². The second kappa shape index (κ2) is 7.38. The number of nitrogens with zero attached hydrogens (tertiary/aromatic N) is 1. The SMILES string of the molecule is CC(C)CC(CN)CCN1CC(C)CC(C)C1. The molecular weight excluding hydrogens is 208 g/mol. The Kier molecular flexibility index (Phi) is 6.50. The number of rotatable bonds is 6. The third-order valence-corrected chi connectivity index (χ3v) is 3.94. The zero-order valence-corrected chi connectivity index (χ0v) is 12.3. The van der Waals surface area contributed by atoms with Gasteiger partial charge in [-0.1, -0.05) is 27.7 Å². The van der Waals surface area contributed by atoms with Crippen molar-refractivity contribution in [2.24, 2.45) is 29.4 Å². The first kappa shape index (κ1) is 15.0. The maximum atomic E-state index is 5.87. The molecule has 0 radical (unpaired) electrons. The van der Waals surface area contributed by atoms with E-state index >= 15 is 0 Å². The van der Waals surface area contributed by atoms with Crippen LogP contribution in [-0.2, 0) is 0 Å². The minimum atomic E-state index is 0.725. The number of hydrogen-bond donors (Lipinski definition) is 1. The number of nitrogens with two attached hydrogens (primary N) is 1. The summed E-state index contributed by atoms with van der Waals surface area (Å²) in [7, 11) is 0. The monoisotopic (exact) mass is 240 g/mol. The van der Waals surface area contributed by atoms with E-state index in [4.69, 9.17) is 5.73 Å². The highest BCUT2D eigenvalue weighted by atomic mass is 15.1. The Morgan fingerprint density at radius 2 is 1.76 bits per heavy atom. The van der Waals surface area contributed by atoms with Crippen LogP contribution in [0.15, 0.2) is 0 Å². The summed E-state index contributed by atoms with van der Waals surface area (Å²) in [5.74, 6) is 3.26. The zero-order valence-electron chi connectivity index (χ0n) is 12.3. The molecule has 1 heterocycles. The van der Waals surface area contributed by atoms with Gasteiger partial charge in [-0.2, -0.15) is 0 Å². The molecule has 102 valence electrons. The van der Waals surface area contributed by atoms with Crippen molar-refractivity contribution in [3.8, 4) is 0 Å². The Balaban J connectivity index is 2.28. The molecule has 2 heteroatoms. The second-order valence-electron chi connectivity index (χ2n) is 6.73. The van der Waals surface area contributed by atoms with E-state index in [1.807, 2.05) is 0 Å².